The standard InChI is InChI=1S/C20H21N5O4/c21-19(27)23-16-10-6-14(7-11-16)12-22-17(26)3-1-2-13-4-8-15(9-5-13)18-24-20(28)29-25-18/h4-11H,1-3,12H2,(H,22,26)(H3,21,23,27)(H,24,25,28). The average Bonchev–Trinajstić information content (AvgIpc) is 3.14. The number of aromatic nitrogens is 2. The molecule has 0 saturated carbocycles. The first-order chi connectivity index (χ1) is 14.0. The topological polar surface area (TPSA) is 143 Å². The number of nitrogens with one attached hydrogen (secondary N) is 3. The number of anilines is 1. The van der Waals surface area contributed by atoms with Crippen molar-refractivity contribution in [1.82, 2.24) is 15.5 Å². The molecule has 3 amide bonds. The largest absolute Gasteiger partial charge is 0.439 e. The van der Waals surface area contributed by atoms with Crippen LogP contribution in [0, 0.1) is 0 Å². The van der Waals surface area contributed by atoms with Crippen molar-refractivity contribution < 1.29 is 14.1 Å². The second-order valence-electron chi connectivity index (χ2n) is 6.46. The maximum Gasteiger partial charge on any atom is 0.439 e. The number of benzene rings is 2. The third-order valence-corrected chi connectivity index (χ3v) is 4.25. The van der Waals surface area contributed by atoms with Gasteiger partial charge in [0, 0.05) is 24.2 Å². The molecule has 0 fully saturated rings. The maximum atomic E-state index is 12.0. The summed E-state index contributed by atoms with van der Waals surface area (Å²) >= 11 is 0. The highest BCUT2D eigenvalue weighted by Crippen LogP contribution is 2.15. The highest BCUT2D eigenvalue weighted by molar-refractivity contribution is 5.87. The molecule has 9 nitrogen and oxygen atoms in total. The van der Waals surface area contributed by atoms with Gasteiger partial charge in [-0.15, -0.1) is 0 Å². The molecule has 0 aliphatic heterocycles. The van der Waals surface area contributed by atoms with E-state index in [0.29, 0.717) is 30.9 Å². The summed E-state index contributed by atoms with van der Waals surface area (Å²) < 4.78 is 4.49. The monoisotopic (exact) mass is 395 g/mol. The third kappa shape index (κ3) is 6.06. The highest BCUT2D eigenvalue weighted by Gasteiger charge is 2.05. The molecule has 0 aliphatic carbocycles. The van der Waals surface area contributed by atoms with Gasteiger partial charge in [-0.2, -0.15) is 0 Å². The van der Waals surface area contributed by atoms with Crippen LogP contribution < -0.4 is 22.1 Å². The highest BCUT2D eigenvalue weighted by atomic mass is 16.5. The van der Waals surface area contributed by atoms with Crippen LogP contribution in [0.5, 0.6) is 0 Å². The lowest BCUT2D eigenvalue weighted by molar-refractivity contribution is -0.121. The van der Waals surface area contributed by atoms with E-state index in [0.717, 1.165) is 23.1 Å². The van der Waals surface area contributed by atoms with Crippen molar-refractivity contribution in [2.45, 2.75) is 25.8 Å². The van der Waals surface area contributed by atoms with Crippen LogP contribution in [0.1, 0.15) is 24.0 Å². The zero-order valence-corrected chi connectivity index (χ0v) is 15.6. The van der Waals surface area contributed by atoms with Gasteiger partial charge in [0.05, 0.1) is 0 Å². The molecule has 3 aromatic rings. The van der Waals surface area contributed by atoms with Crippen molar-refractivity contribution in [3.05, 3.63) is 70.2 Å². The smallest absolute Gasteiger partial charge is 0.352 e. The van der Waals surface area contributed by atoms with Gasteiger partial charge in [0.15, 0.2) is 5.82 Å². The summed E-state index contributed by atoms with van der Waals surface area (Å²) in [6.45, 7) is 0.417. The number of carbonyl (C=O) groups excluding carboxylic acids is 2. The van der Waals surface area contributed by atoms with Gasteiger partial charge < -0.3 is 16.4 Å². The molecule has 0 unspecified atom stereocenters. The molecule has 0 saturated heterocycles. The molecule has 0 spiro atoms. The molecule has 0 aliphatic rings. The zero-order valence-electron chi connectivity index (χ0n) is 15.6. The molecule has 1 heterocycles. The lowest BCUT2D eigenvalue weighted by atomic mass is 10.1. The fourth-order valence-electron chi connectivity index (χ4n) is 2.77. The average molecular weight is 395 g/mol. The van der Waals surface area contributed by atoms with Crippen molar-refractivity contribution in [2.75, 3.05) is 5.32 Å². The molecule has 0 bridgehead atoms. The van der Waals surface area contributed by atoms with Crippen molar-refractivity contribution in [1.29, 1.82) is 0 Å². The van der Waals surface area contributed by atoms with Gasteiger partial charge in [-0.3, -0.25) is 14.3 Å². The van der Waals surface area contributed by atoms with Gasteiger partial charge in [-0.05, 0) is 36.1 Å². The van der Waals surface area contributed by atoms with Crippen LogP contribution in [0.15, 0.2) is 57.8 Å². The van der Waals surface area contributed by atoms with Crippen LogP contribution in [0.4, 0.5) is 10.5 Å². The molecule has 3 rings (SSSR count). The van der Waals surface area contributed by atoms with Gasteiger partial charge in [0.2, 0.25) is 5.91 Å². The number of nitrogens with two attached hydrogens (primary N) is 1. The molecule has 0 atom stereocenters. The summed E-state index contributed by atoms with van der Waals surface area (Å²) in [7, 11) is 0. The summed E-state index contributed by atoms with van der Waals surface area (Å²) in [6.07, 6.45) is 1.89. The van der Waals surface area contributed by atoms with Crippen LogP contribution in [0.3, 0.4) is 0 Å². The van der Waals surface area contributed by atoms with E-state index >= 15 is 0 Å². The molecular weight excluding hydrogens is 374 g/mol. The van der Waals surface area contributed by atoms with Gasteiger partial charge in [-0.25, -0.2) is 9.59 Å². The van der Waals surface area contributed by atoms with Crippen LogP contribution in [0.2, 0.25) is 0 Å². The number of nitrogens with zero attached hydrogens (tertiary/aromatic N) is 1. The second-order valence-corrected chi connectivity index (χ2v) is 6.46. The molecule has 1 aromatic heterocycles. The van der Waals surface area contributed by atoms with Crippen LogP contribution in [-0.2, 0) is 17.8 Å². The van der Waals surface area contributed by atoms with E-state index < -0.39 is 11.8 Å². The fraction of sp³-hybridized carbons (Fsp3) is 0.200. The minimum atomic E-state index is -0.617. The Morgan fingerprint density at radius 3 is 2.34 bits per heavy atom. The quantitative estimate of drug-likeness (QED) is 0.462. The fourth-order valence-corrected chi connectivity index (χ4v) is 2.77. The summed E-state index contributed by atoms with van der Waals surface area (Å²) in [5.41, 5.74) is 8.44. The first kappa shape index (κ1) is 19.9. The number of primary amides is 1. The lowest BCUT2D eigenvalue weighted by Crippen LogP contribution is -2.22. The van der Waals surface area contributed by atoms with Crippen molar-refractivity contribution in [2.24, 2.45) is 5.73 Å². The molecule has 0 radical (unpaired) electrons. The van der Waals surface area contributed by atoms with Crippen LogP contribution in [-0.4, -0.2) is 22.1 Å². The number of urea groups is 1. The van der Waals surface area contributed by atoms with Crippen molar-refractivity contribution in [3.63, 3.8) is 0 Å². The Morgan fingerprint density at radius 2 is 1.72 bits per heavy atom. The third-order valence-electron chi connectivity index (χ3n) is 4.25. The summed E-state index contributed by atoms with van der Waals surface area (Å²) in [5.74, 6) is -0.228. The number of hydrogen-bond donors (Lipinski definition) is 4. The molecule has 29 heavy (non-hydrogen) atoms. The maximum absolute atomic E-state index is 12.0. The van der Waals surface area contributed by atoms with E-state index in [2.05, 4.69) is 25.3 Å². The molecule has 150 valence electrons. The van der Waals surface area contributed by atoms with Crippen molar-refractivity contribution in [3.8, 4) is 11.4 Å². The number of hydrogen-bond acceptors (Lipinski definition) is 5. The summed E-state index contributed by atoms with van der Waals surface area (Å²) in [4.78, 5) is 36.3. The Morgan fingerprint density at radius 1 is 1.03 bits per heavy atom. The second kappa shape index (κ2) is 9.36. The van der Waals surface area contributed by atoms with E-state index in [1.165, 1.54) is 0 Å². The summed E-state index contributed by atoms with van der Waals surface area (Å²) in [6, 6.07) is 14.0. The SMILES string of the molecule is NC(=O)Nc1ccc(CNC(=O)CCCc2ccc(-c3noc(=O)[nH]3)cc2)cc1. The Labute approximate surface area is 166 Å². The molecule has 9 heteroatoms. The minimum Gasteiger partial charge on any atom is -0.352 e. The Kier molecular flexibility index (Phi) is 6.41. The number of aryl methyl sites for hydroxylation is 1. The van der Waals surface area contributed by atoms with Gasteiger partial charge in [0.25, 0.3) is 0 Å². The van der Waals surface area contributed by atoms with E-state index in [1.807, 2.05) is 36.4 Å². The van der Waals surface area contributed by atoms with Gasteiger partial charge in [-0.1, -0.05) is 41.6 Å². The zero-order chi connectivity index (χ0) is 20.6. The molecule has 5 N–H and O–H groups in total. The van der Waals surface area contributed by atoms with E-state index in [-0.39, 0.29) is 5.91 Å². The molecular formula is C20H21N5O4. The van der Waals surface area contributed by atoms with E-state index in [1.54, 1.807) is 12.1 Å². The number of H-pyrrole nitrogens is 1. The number of aromatic amines is 1. The predicted molar refractivity (Wildman–Crippen MR) is 107 cm³/mol. The Bertz CT molecular complexity index is 1020. The minimum absolute atomic E-state index is 0.0267. The number of amides is 3. The van der Waals surface area contributed by atoms with Crippen molar-refractivity contribution >= 4 is 17.6 Å². The number of rotatable bonds is 8. The van der Waals surface area contributed by atoms with Crippen LogP contribution >= 0.6 is 0 Å². The molecule has 2 aromatic carbocycles. The summed E-state index contributed by atoms with van der Waals surface area (Å²) in [5, 5.41) is 9.00. The normalized spacial score (nSPS) is 10.5. The van der Waals surface area contributed by atoms with Crippen LogP contribution in [0.25, 0.3) is 11.4 Å². The predicted octanol–water partition coefficient (Wildman–Crippen LogP) is 2.16. The van der Waals surface area contributed by atoms with Gasteiger partial charge in [0.1, 0.15) is 0 Å². The first-order valence-electron chi connectivity index (χ1n) is 9.07. The van der Waals surface area contributed by atoms with Gasteiger partial charge >= 0.3 is 11.8 Å². The van der Waals surface area contributed by atoms with E-state index in [4.69, 9.17) is 5.73 Å². The Hall–Kier alpha value is -3.88. The number of carbonyl (C=O) groups is 2. The Balaban J connectivity index is 1.39. The van der Waals surface area contributed by atoms with E-state index in [9.17, 15) is 14.4 Å². The lowest BCUT2D eigenvalue weighted by Gasteiger charge is -2.07. The first-order valence-corrected chi connectivity index (χ1v) is 9.07.